The molecule has 2 amide bonds. The quantitative estimate of drug-likeness (QED) is 0.589. The summed E-state index contributed by atoms with van der Waals surface area (Å²) in [6.07, 6.45) is 1.95. The van der Waals surface area contributed by atoms with Crippen molar-refractivity contribution in [1.82, 2.24) is 20.3 Å². The average molecular weight is 529 g/mol. The molecule has 1 atom stereocenters. The number of hydrogen-bond donors (Lipinski definition) is 1. The highest BCUT2D eigenvalue weighted by Gasteiger charge is 2.33. The van der Waals surface area contributed by atoms with Crippen molar-refractivity contribution in [3.63, 3.8) is 0 Å². The minimum Gasteiger partial charge on any atom is -0.442 e. The lowest BCUT2D eigenvalue weighted by Gasteiger charge is -2.36. The highest BCUT2D eigenvalue weighted by Crippen LogP contribution is 2.29. The number of rotatable bonds is 5. The number of pyridine rings is 1. The maximum Gasteiger partial charge on any atom is 0.414 e. The van der Waals surface area contributed by atoms with Gasteiger partial charge in [0.05, 0.1) is 29.4 Å². The maximum absolute atomic E-state index is 14.9. The average Bonchev–Trinajstić information content (AvgIpc) is 3.15. The first-order valence-corrected chi connectivity index (χ1v) is 11.0. The number of carbonyl (C=O) groups excluding carboxylic acids is 2. The molecule has 10 nitrogen and oxygen atoms in total. The van der Waals surface area contributed by atoms with Gasteiger partial charge in [0, 0.05) is 45.4 Å². The van der Waals surface area contributed by atoms with Gasteiger partial charge in [-0.15, -0.1) is 0 Å². The Kier molecular flexibility index (Phi) is 6.60. The lowest BCUT2D eigenvalue weighted by Crippen LogP contribution is -2.47. The largest absolute Gasteiger partial charge is 0.442 e. The van der Waals surface area contributed by atoms with Gasteiger partial charge in [-0.05, 0) is 27.5 Å². The summed E-state index contributed by atoms with van der Waals surface area (Å²) in [6, 6.07) is 1.28. The van der Waals surface area contributed by atoms with Crippen LogP contribution in [0, 0.1) is 5.82 Å². The molecule has 0 aromatic carbocycles. The molecule has 4 heterocycles. The Morgan fingerprint density at radius 3 is 2.59 bits per heavy atom. The molecule has 2 aromatic heterocycles. The number of nitrogens with one attached hydrogen (secondary N) is 1. The van der Waals surface area contributed by atoms with Crippen molar-refractivity contribution in [1.29, 1.82) is 0 Å². The zero-order chi connectivity index (χ0) is 22.8. The van der Waals surface area contributed by atoms with Crippen LogP contribution < -0.4 is 20.0 Å². The summed E-state index contributed by atoms with van der Waals surface area (Å²) in [5.41, 5.74) is 0.305. The Bertz CT molecular complexity index is 1040. The van der Waals surface area contributed by atoms with E-state index in [9.17, 15) is 14.0 Å². The second-order valence-electron chi connectivity index (χ2n) is 7.34. The Morgan fingerprint density at radius 2 is 1.94 bits per heavy atom. The van der Waals surface area contributed by atoms with Crippen LogP contribution in [0.25, 0.3) is 0 Å². The third-order valence-corrected chi connectivity index (χ3v) is 5.89. The van der Waals surface area contributed by atoms with Gasteiger partial charge in [-0.3, -0.25) is 9.69 Å². The Balaban J connectivity index is 1.40. The van der Waals surface area contributed by atoms with Crippen molar-refractivity contribution in [3.05, 3.63) is 34.0 Å². The maximum atomic E-state index is 14.9. The first kappa shape index (κ1) is 22.5. The summed E-state index contributed by atoms with van der Waals surface area (Å²) in [6.45, 7) is 4.03. The lowest BCUT2D eigenvalue weighted by molar-refractivity contribution is -0.119. The third kappa shape index (κ3) is 4.85. The molecule has 0 aliphatic carbocycles. The van der Waals surface area contributed by atoms with Gasteiger partial charge in [-0.1, -0.05) is 0 Å². The third-order valence-electron chi connectivity index (χ3n) is 5.15. The van der Waals surface area contributed by atoms with Crippen molar-refractivity contribution in [2.75, 3.05) is 54.0 Å². The van der Waals surface area contributed by atoms with E-state index in [4.69, 9.17) is 16.3 Å². The van der Waals surface area contributed by atoms with Crippen molar-refractivity contribution < 1.29 is 18.7 Å². The van der Waals surface area contributed by atoms with Crippen molar-refractivity contribution in [2.45, 2.75) is 13.0 Å². The first-order chi connectivity index (χ1) is 15.3. The molecule has 0 saturated carbocycles. The number of ether oxygens (including phenoxy) is 1. The molecule has 0 bridgehead atoms. The summed E-state index contributed by atoms with van der Waals surface area (Å²) in [5, 5.41) is 2.76. The molecule has 2 aliphatic rings. The number of hydrogen-bond acceptors (Lipinski definition) is 8. The summed E-state index contributed by atoms with van der Waals surface area (Å²) in [7, 11) is 0. The normalized spacial score (nSPS) is 18.7. The van der Waals surface area contributed by atoms with Crippen molar-refractivity contribution in [2.24, 2.45) is 0 Å². The number of halogens is 3. The number of piperazine rings is 1. The zero-order valence-corrected chi connectivity index (χ0v) is 19.4. The fraction of sp³-hybridized carbons (Fsp3) is 0.421. The van der Waals surface area contributed by atoms with E-state index in [2.05, 4.69) is 36.2 Å². The van der Waals surface area contributed by atoms with Crippen LogP contribution in [0.4, 0.5) is 26.5 Å². The van der Waals surface area contributed by atoms with Crippen LogP contribution in [0.1, 0.15) is 6.92 Å². The molecule has 0 unspecified atom stereocenters. The molecule has 2 fully saturated rings. The topological polar surface area (TPSA) is 104 Å². The van der Waals surface area contributed by atoms with Gasteiger partial charge in [-0.25, -0.2) is 19.2 Å². The van der Waals surface area contributed by atoms with Crippen LogP contribution in [-0.2, 0) is 9.53 Å². The molecular weight excluding hydrogens is 509 g/mol. The van der Waals surface area contributed by atoms with Crippen LogP contribution in [-0.4, -0.2) is 72.3 Å². The summed E-state index contributed by atoms with van der Waals surface area (Å²) >= 11 is 9.33. The van der Waals surface area contributed by atoms with Gasteiger partial charge >= 0.3 is 6.09 Å². The predicted octanol–water partition coefficient (Wildman–Crippen LogP) is 2.21. The number of cyclic esters (lactones) is 1. The van der Waals surface area contributed by atoms with E-state index in [1.165, 1.54) is 24.1 Å². The molecule has 0 spiro atoms. The highest BCUT2D eigenvalue weighted by molar-refractivity contribution is 9.10. The van der Waals surface area contributed by atoms with Crippen LogP contribution in [0.15, 0.2) is 22.9 Å². The van der Waals surface area contributed by atoms with Gasteiger partial charge in [0.25, 0.3) is 0 Å². The van der Waals surface area contributed by atoms with Gasteiger partial charge in [0.1, 0.15) is 11.9 Å². The molecule has 1 N–H and O–H groups in total. The van der Waals surface area contributed by atoms with Crippen LogP contribution in [0.5, 0.6) is 0 Å². The SMILES string of the molecule is CC(=O)NC[C@H]1CN(c2cnc(N3CCN(c4nc(Cl)ncc4Br)CC3)c(F)c2)C(=O)O1. The molecule has 0 radical (unpaired) electrons. The number of aromatic nitrogens is 3. The van der Waals surface area contributed by atoms with Gasteiger partial charge < -0.3 is 19.9 Å². The van der Waals surface area contributed by atoms with Crippen molar-refractivity contribution in [3.8, 4) is 0 Å². The zero-order valence-electron chi connectivity index (χ0n) is 17.1. The van der Waals surface area contributed by atoms with E-state index in [0.717, 1.165) is 4.47 Å². The second kappa shape index (κ2) is 9.41. The van der Waals surface area contributed by atoms with E-state index in [1.807, 2.05) is 9.80 Å². The Morgan fingerprint density at radius 1 is 1.25 bits per heavy atom. The number of nitrogens with zero attached hydrogens (tertiary/aromatic N) is 6. The van der Waals surface area contributed by atoms with E-state index < -0.39 is 18.0 Å². The lowest BCUT2D eigenvalue weighted by atomic mass is 10.2. The van der Waals surface area contributed by atoms with E-state index in [-0.39, 0.29) is 30.1 Å². The highest BCUT2D eigenvalue weighted by atomic mass is 79.9. The number of amides is 2. The van der Waals surface area contributed by atoms with Gasteiger partial charge in [-0.2, -0.15) is 4.98 Å². The fourth-order valence-corrected chi connectivity index (χ4v) is 4.16. The first-order valence-electron chi connectivity index (χ1n) is 9.88. The van der Waals surface area contributed by atoms with E-state index >= 15 is 0 Å². The van der Waals surface area contributed by atoms with Crippen LogP contribution in [0.3, 0.4) is 0 Å². The standard InChI is InChI=1S/C19H20BrClFN7O3/c1-11(30)23-8-13-10-29(19(31)32-13)12-6-15(22)17(24-7-12)28-4-2-27(3-5-28)16-14(20)9-25-18(21)26-16/h6-7,9,13H,2-5,8,10H2,1H3,(H,23,30)/t13-/m0/s1. The molecule has 2 aliphatic heterocycles. The number of carbonyl (C=O) groups is 2. The number of anilines is 3. The van der Waals surface area contributed by atoms with Crippen LogP contribution in [0.2, 0.25) is 5.28 Å². The Hall–Kier alpha value is -2.73. The molecular formula is C19H20BrClFN7O3. The van der Waals surface area contributed by atoms with Crippen LogP contribution >= 0.6 is 27.5 Å². The predicted molar refractivity (Wildman–Crippen MR) is 120 cm³/mol. The van der Waals surface area contributed by atoms with E-state index in [0.29, 0.717) is 37.7 Å². The smallest absolute Gasteiger partial charge is 0.414 e. The molecule has 32 heavy (non-hydrogen) atoms. The van der Waals surface area contributed by atoms with E-state index in [1.54, 1.807) is 6.20 Å². The molecule has 2 saturated heterocycles. The molecule has 13 heteroatoms. The fourth-order valence-electron chi connectivity index (χ4n) is 3.59. The molecule has 4 rings (SSSR count). The summed E-state index contributed by atoms with van der Waals surface area (Å²) in [5.74, 6) is 0.164. The Labute approximate surface area is 196 Å². The molecule has 170 valence electrons. The van der Waals surface area contributed by atoms with Gasteiger partial charge in [0.15, 0.2) is 11.6 Å². The minimum absolute atomic E-state index is 0.161. The van der Waals surface area contributed by atoms with Crippen molar-refractivity contribution >= 4 is 56.9 Å². The molecule has 2 aromatic rings. The summed E-state index contributed by atoms with van der Waals surface area (Å²) < 4.78 is 20.9. The monoisotopic (exact) mass is 527 g/mol. The van der Waals surface area contributed by atoms with Gasteiger partial charge in [0.2, 0.25) is 11.2 Å². The minimum atomic E-state index is -0.600. The second-order valence-corrected chi connectivity index (χ2v) is 8.53. The summed E-state index contributed by atoms with van der Waals surface area (Å²) in [4.78, 5) is 40.8.